The molecule has 1 saturated carbocycles. The third kappa shape index (κ3) is 3.33. The van der Waals surface area contributed by atoms with Crippen LogP contribution in [0.3, 0.4) is 0 Å². The zero-order valence-corrected chi connectivity index (χ0v) is 15.2. The summed E-state index contributed by atoms with van der Waals surface area (Å²) in [6.07, 6.45) is 2.97. The van der Waals surface area contributed by atoms with Gasteiger partial charge in [0.1, 0.15) is 23.7 Å². The Morgan fingerprint density at radius 3 is 2.92 bits per heavy atom. The molecule has 0 spiro atoms. The van der Waals surface area contributed by atoms with E-state index in [1.165, 1.54) is 0 Å². The van der Waals surface area contributed by atoms with Crippen molar-refractivity contribution in [3.63, 3.8) is 0 Å². The lowest BCUT2D eigenvalue weighted by atomic mass is 10.0. The van der Waals surface area contributed by atoms with Crippen LogP contribution >= 0.6 is 0 Å². The molecule has 0 bridgehead atoms. The highest BCUT2D eigenvalue weighted by molar-refractivity contribution is 5.92. The first-order valence-corrected chi connectivity index (χ1v) is 9.10. The number of methoxy groups -OCH3 is 1. The van der Waals surface area contributed by atoms with Crippen molar-refractivity contribution in [3.8, 4) is 5.75 Å². The number of benzene rings is 1. The number of rotatable bonds is 6. The molecule has 1 atom stereocenters. The topological polar surface area (TPSA) is 64.8 Å². The minimum atomic E-state index is -0.499. The summed E-state index contributed by atoms with van der Waals surface area (Å²) in [6.45, 7) is 3.53. The molecular weight excluding hydrogens is 332 g/mol. The van der Waals surface area contributed by atoms with Gasteiger partial charge in [0.15, 0.2) is 5.69 Å². The van der Waals surface area contributed by atoms with Crippen molar-refractivity contribution in [1.82, 2.24) is 10.1 Å². The highest BCUT2D eigenvalue weighted by atomic mass is 16.5. The number of hydrogen-bond acceptors (Lipinski definition) is 5. The van der Waals surface area contributed by atoms with Crippen LogP contribution in [0.1, 0.15) is 47.0 Å². The molecule has 2 heterocycles. The van der Waals surface area contributed by atoms with Gasteiger partial charge in [-0.15, -0.1) is 0 Å². The van der Waals surface area contributed by atoms with E-state index in [0.29, 0.717) is 31.3 Å². The Kier molecular flexibility index (Phi) is 4.44. The molecule has 6 nitrogen and oxygen atoms in total. The van der Waals surface area contributed by atoms with Gasteiger partial charge in [-0.3, -0.25) is 4.79 Å². The van der Waals surface area contributed by atoms with E-state index >= 15 is 0 Å². The molecule has 0 unspecified atom stereocenters. The van der Waals surface area contributed by atoms with E-state index in [-0.39, 0.29) is 5.91 Å². The highest BCUT2D eigenvalue weighted by Crippen LogP contribution is 2.40. The Labute approximate surface area is 153 Å². The monoisotopic (exact) mass is 356 g/mol. The van der Waals surface area contributed by atoms with Gasteiger partial charge >= 0.3 is 0 Å². The molecule has 4 rings (SSSR count). The molecule has 26 heavy (non-hydrogen) atoms. The quantitative estimate of drug-likeness (QED) is 0.795. The maximum absolute atomic E-state index is 12.7. The minimum Gasteiger partial charge on any atom is -0.490 e. The molecule has 1 aliphatic heterocycles. The molecule has 2 aliphatic rings. The molecule has 1 saturated heterocycles. The number of amides is 1. The zero-order valence-electron chi connectivity index (χ0n) is 15.2. The summed E-state index contributed by atoms with van der Waals surface area (Å²) in [7, 11) is 1.68. The number of carbonyl (C=O) groups excluding carboxylic acids is 1. The lowest BCUT2D eigenvalue weighted by Crippen LogP contribution is -2.42. The van der Waals surface area contributed by atoms with Crippen LogP contribution in [0.15, 0.2) is 34.9 Å². The first-order chi connectivity index (χ1) is 12.6. The normalized spacial score (nSPS) is 22.6. The third-order valence-electron chi connectivity index (χ3n) is 5.35. The standard InChI is InChI=1S/C20H24N2O4/c1-14-5-3-4-6-17(14)25-13-20(24-2)9-10-22(12-20)19(23)16-11-18(26-21-16)15-7-8-15/h3-6,11,15H,7-10,12-13H2,1-2H3/t20-/m0/s1. The second kappa shape index (κ2) is 6.76. The van der Waals surface area contributed by atoms with Crippen LogP contribution in [0.2, 0.25) is 0 Å². The molecule has 0 radical (unpaired) electrons. The van der Waals surface area contributed by atoms with Crippen LogP contribution in [0.4, 0.5) is 0 Å². The second-order valence-corrected chi connectivity index (χ2v) is 7.31. The predicted molar refractivity (Wildman–Crippen MR) is 95.4 cm³/mol. The number of para-hydroxylation sites is 1. The maximum Gasteiger partial charge on any atom is 0.276 e. The smallest absolute Gasteiger partial charge is 0.276 e. The van der Waals surface area contributed by atoms with Gasteiger partial charge in [0.05, 0.1) is 6.54 Å². The number of likely N-dealkylation sites (tertiary alicyclic amines) is 1. The van der Waals surface area contributed by atoms with Gasteiger partial charge in [0.2, 0.25) is 0 Å². The molecule has 2 aromatic rings. The largest absolute Gasteiger partial charge is 0.490 e. The van der Waals surface area contributed by atoms with Gasteiger partial charge in [-0.25, -0.2) is 0 Å². The number of carbonyl (C=O) groups is 1. The molecule has 1 aromatic heterocycles. The average Bonchev–Trinajstić information content (AvgIpc) is 3.23. The zero-order chi connectivity index (χ0) is 18.1. The molecule has 6 heteroatoms. The lowest BCUT2D eigenvalue weighted by Gasteiger charge is -2.28. The summed E-state index contributed by atoms with van der Waals surface area (Å²) in [5.41, 5.74) is 0.972. The summed E-state index contributed by atoms with van der Waals surface area (Å²) in [5, 5.41) is 3.96. The van der Waals surface area contributed by atoms with E-state index in [2.05, 4.69) is 5.16 Å². The van der Waals surface area contributed by atoms with Gasteiger partial charge in [0.25, 0.3) is 5.91 Å². The van der Waals surface area contributed by atoms with E-state index in [1.54, 1.807) is 18.1 Å². The van der Waals surface area contributed by atoms with Crippen LogP contribution in [0.5, 0.6) is 5.75 Å². The van der Waals surface area contributed by atoms with Crippen molar-refractivity contribution in [2.24, 2.45) is 0 Å². The Hall–Kier alpha value is -2.34. The molecule has 2 fully saturated rings. The SMILES string of the molecule is CO[C@@]1(COc2ccccc2C)CCN(C(=O)c2cc(C3CC3)on2)C1. The first-order valence-electron chi connectivity index (χ1n) is 9.10. The minimum absolute atomic E-state index is 0.101. The molecule has 1 amide bonds. The maximum atomic E-state index is 12.7. The number of ether oxygens (including phenoxy) is 2. The summed E-state index contributed by atoms with van der Waals surface area (Å²) in [6, 6.07) is 9.69. The number of hydrogen-bond donors (Lipinski definition) is 0. The van der Waals surface area contributed by atoms with Crippen molar-refractivity contribution in [3.05, 3.63) is 47.3 Å². The van der Waals surface area contributed by atoms with Crippen molar-refractivity contribution >= 4 is 5.91 Å². The number of aryl methyl sites for hydroxylation is 1. The van der Waals surface area contributed by atoms with E-state index in [9.17, 15) is 4.79 Å². The fraction of sp³-hybridized carbons (Fsp3) is 0.500. The molecule has 1 aromatic carbocycles. The Bertz CT molecular complexity index is 799. The fourth-order valence-electron chi connectivity index (χ4n) is 3.40. The van der Waals surface area contributed by atoms with Gasteiger partial charge in [0, 0.05) is 25.6 Å². The van der Waals surface area contributed by atoms with Crippen LogP contribution in [-0.4, -0.2) is 48.4 Å². The van der Waals surface area contributed by atoms with Gasteiger partial charge in [-0.05, 0) is 37.8 Å². The fourth-order valence-corrected chi connectivity index (χ4v) is 3.40. The van der Waals surface area contributed by atoms with Crippen molar-refractivity contribution in [2.45, 2.75) is 37.7 Å². The Balaban J connectivity index is 1.41. The lowest BCUT2D eigenvalue weighted by molar-refractivity contribution is -0.0344. The third-order valence-corrected chi connectivity index (χ3v) is 5.35. The van der Waals surface area contributed by atoms with Crippen LogP contribution in [0, 0.1) is 6.92 Å². The van der Waals surface area contributed by atoms with Crippen LogP contribution in [-0.2, 0) is 4.74 Å². The van der Waals surface area contributed by atoms with Gasteiger partial charge in [-0.2, -0.15) is 0 Å². The van der Waals surface area contributed by atoms with Crippen LogP contribution < -0.4 is 4.74 Å². The van der Waals surface area contributed by atoms with Gasteiger partial charge in [-0.1, -0.05) is 23.4 Å². The predicted octanol–water partition coefficient (Wildman–Crippen LogP) is 3.17. The Morgan fingerprint density at radius 2 is 2.19 bits per heavy atom. The molecule has 138 valence electrons. The van der Waals surface area contributed by atoms with E-state index in [0.717, 1.165) is 36.3 Å². The molecule has 0 N–H and O–H groups in total. The van der Waals surface area contributed by atoms with E-state index < -0.39 is 5.60 Å². The van der Waals surface area contributed by atoms with Crippen molar-refractivity contribution in [1.29, 1.82) is 0 Å². The van der Waals surface area contributed by atoms with E-state index in [4.69, 9.17) is 14.0 Å². The average molecular weight is 356 g/mol. The van der Waals surface area contributed by atoms with Crippen LogP contribution in [0.25, 0.3) is 0 Å². The summed E-state index contributed by atoms with van der Waals surface area (Å²) in [5.74, 6) is 2.02. The second-order valence-electron chi connectivity index (χ2n) is 7.31. The molecular formula is C20H24N2O4. The highest BCUT2D eigenvalue weighted by Gasteiger charge is 2.42. The number of nitrogens with zero attached hydrogens (tertiary/aromatic N) is 2. The Morgan fingerprint density at radius 1 is 1.38 bits per heavy atom. The van der Waals surface area contributed by atoms with Gasteiger partial charge < -0.3 is 18.9 Å². The first kappa shape index (κ1) is 17.1. The molecule has 1 aliphatic carbocycles. The summed E-state index contributed by atoms with van der Waals surface area (Å²) < 4.78 is 17.1. The number of aromatic nitrogens is 1. The summed E-state index contributed by atoms with van der Waals surface area (Å²) in [4.78, 5) is 14.5. The van der Waals surface area contributed by atoms with Crippen molar-refractivity contribution in [2.75, 3.05) is 26.8 Å². The van der Waals surface area contributed by atoms with E-state index in [1.807, 2.05) is 31.2 Å². The summed E-state index contributed by atoms with van der Waals surface area (Å²) >= 11 is 0. The van der Waals surface area contributed by atoms with Crippen molar-refractivity contribution < 1.29 is 18.8 Å².